The maximum atomic E-state index is 12.6. The van der Waals surface area contributed by atoms with Crippen LogP contribution in [0.15, 0.2) is 46.9 Å². The third-order valence-electron chi connectivity index (χ3n) is 3.44. The Hall–Kier alpha value is -1.59. The molecule has 0 spiro atoms. The van der Waals surface area contributed by atoms with E-state index in [9.17, 15) is 4.79 Å². The number of para-hydroxylation sites is 1. The lowest BCUT2D eigenvalue weighted by Gasteiger charge is -2.11. The number of benzene rings is 1. The molecule has 1 aromatic heterocycles. The first-order valence-corrected chi connectivity index (χ1v) is 8.93. The fourth-order valence-corrected chi connectivity index (χ4v) is 3.02. The number of thioether (sulfide) groups is 1. The Balaban J connectivity index is 2.08. The van der Waals surface area contributed by atoms with Gasteiger partial charge in [-0.25, -0.2) is 4.98 Å². The van der Waals surface area contributed by atoms with Crippen LogP contribution in [-0.4, -0.2) is 28.5 Å². The summed E-state index contributed by atoms with van der Waals surface area (Å²) in [6.45, 7) is 10.0. The van der Waals surface area contributed by atoms with E-state index in [2.05, 4.69) is 25.4 Å². The van der Waals surface area contributed by atoms with Crippen LogP contribution in [-0.2, 0) is 11.3 Å². The fourth-order valence-electron chi connectivity index (χ4n) is 2.16. The average Bonchev–Trinajstić information content (AvgIpc) is 2.54. The summed E-state index contributed by atoms with van der Waals surface area (Å²) in [5.41, 5.74) is 0.722. The lowest BCUT2D eigenvalue weighted by atomic mass is 10.1. The Labute approximate surface area is 141 Å². The third kappa shape index (κ3) is 4.94. The smallest absolute Gasteiger partial charge is 0.262 e. The second kappa shape index (κ2) is 8.89. The second-order valence-electron chi connectivity index (χ2n) is 5.76. The van der Waals surface area contributed by atoms with Crippen LogP contribution in [0.1, 0.15) is 20.3 Å². The largest absolute Gasteiger partial charge is 0.381 e. The number of hydrogen-bond acceptors (Lipinski definition) is 4. The molecule has 5 heteroatoms. The minimum Gasteiger partial charge on any atom is -0.381 e. The van der Waals surface area contributed by atoms with E-state index in [1.54, 1.807) is 22.4 Å². The van der Waals surface area contributed by atoms with Crippen molar-refractivity contribution in [1.29, 1.82) is 0 Å². The van der Waals surface area contributed by atoms with Crippen LogP contribution in [0.5, 0.6) is 0 Å². The molecule has 0 atom stereocenters. The van der Waals surface area contributed by atoms with Crippen molar-refractivity contribution in [2.45, 2.75) is 32.0 Å². The normalized spacial score (nSPS) is 11.3. The van der Waals surface area contributed by atoms with Crippen molar-refractivity contribution in [3.63, 3.8) is 0 Å². The van der Waals surface area contributed by atoms with E-state index in [1.807, 2.05) is 24.3 Å². The van der Waals surface area contributed by atoms with Crippen LogP contribution in [0.3, 0.4) is 0 Å². The molecule has 0 aliphatic rings. The summed E-state index contributed by atoms with van der Waals surface area (Å²) in [6.07, 6.45) is 2.79. The summed E-state index contributed by atoms with van der Waals surface area (Å²) in [5, 5.41) is 1.37. The third-order valence-corrected chi connectivity index (χ3v) is 4.38. The molecule has 0 radical (unpaired) electrons. The van der Waals surface area contributed by atoms with Crippen molar-refractivity contribution in [3.8, 4) is 0 Å². The lowest BCUT2D eigenvalue weighted by Crippen LogP contribution is -2.23. The molecule has 1 aromatic carbocycles. The summed E-state index contributed by atoms with van der Waals surface area (Å²) in [4.78, 5) is 17.2. The summed E-state index contributed by atoms with van der Waals surface area (Å²) < 4.78 is 7.30. The Morgan fingerprint density at radius 2 is 2.13 bits per heavy atom. The van der Waals surface area contributed by atoms with Gasteiger partial charge in [0.05, 0.1) is 17.5 Å². The van der Waals surface area contributed by atoms with Crippen LogP contribution in [0.2, 0.25) is 0 Å². The van der Waals surface area contributed by atoms with E-state index in [0.717, 1.165) is 29.5 Å². The van der Waals surface area contributed by atoms with Crippen molar-refractivity contribution in [3.05, 3.63) is 47.3 Å². The van der Waals surface area contributed by atoms with Crippen molar-refractivity contribution in [1.82, 2.24) is 9.55 Å². The van der Waals surface area contributed by atoms with Gasteiger partial charge in [-0.3, -0.25) is 9.36 Å². The first-order chi connectivity index (χ1) is 11.1. The number of fused-ring (bicyclic) bond motifs is 1. The van der Waals surface area contributed by atoms with Gasteiger partial charge < -0.3 is 4.74 Å². The van der Waals surface area contributed by atoms with E-state index >= 15 is 0 Å². The fraction of sp³-hybridized carbons (Fsp3) is 0.444. The summed E-state index contributed by atoms with van der Waals surface area (Å²) in [5.74, 6) is 1.43. The summed E-state index contributed by atoms with van der Waals surface area (Å²) in [7, 11) is 0. The molecule has 4 nitrogen and oxygen atoms in total. The number of rotatable bonds is 9. The van der Waals surface area contributed by atoms with Crippen LogP contribution in [0.4, 0.5) is 0 Å². The van der Waals surface area contributed by atoms with Crippen molar-refractivity contribution >= 4 is 22.7 Å². The van der Waals surface area contributed by atoms with Gasteiger partial charge in [0.2, 0.25) is 0 Å². The number of hydrogen-bond donors (Lipinski definition) is 0. The molecule has 0 aliphatic carbocycles. The predicted octanol–water partition coefficient (Wildman–Crippen LogP) is 3.74. The highest BCUT2D eigenvalue weighted by Gasteiger charge is 2.10. The van der Waals surface area contributed by atoms with E-state index in [-0.39, 0.29) is 5.56 Å². The Kier molecular flexibility index (Phi) is 6.86. The van der Waals surface area contributed by atoms with Gasteiger partial charge in [0, 0.05) is 18.9 Å². The first kappa shape index (κ1) is 17.8. The molecular weight excluding hydrogens is 308 g/mol. The van der Waals surface area contributed by atoms with Gasteiger partial charge in [-0.1, -0.05) is 43.8 Å². The van der Waals surface area contributed by atoms with E-state index in [1.165, 1.54) is 0 Å². The molecule has 0 saturated carbocycles. The molecule has 2 aromatic rings. The quantitative estimate of drug-likeness (QED) is 0.304. The molecule has 1 heterocycles. The van der Waals surface area contributed by atoms with Gasteiger partial charge in [0.1, 0.15) is 0 Å². The van der Waals surface area contributed by atoms with Gasteiger partial charge in [-0.05, 0) is 24.5 Å². The second-order valence-corrected chi connectivity index (χ2v) is 6.82. The molecule has 0 amide bonds. The molecular formula is C18H24N2O2S. The van der Waals surface area contributed by atoms with Gasteiger partial charge >= 0.3 is 0 Å². The molecule has 0 saturated heterocycles. The minimum absolute atomic E-state index is 0.0151. The summed E-state index contributed by atoms with van der Waals surface area (Å²) >= 11 is 1.55. The van der Waals surface area contributed by atoms with E-state index in [4.69, 9.17) is 4.74 Å². The van der Waals surface area contributed by atoms with Crippen molar-refractivity contribution < 1.29 is 4.74 Å². The highest BCUT2D eigenvalue weighted by molar-refractivity contribution is 7.99. The zero-order chi connectivity index (χ0) is 16.7. The monoisotopic (exact) mass is 332 g/mol. The molecule has 0 fully saturated rings. The standard InChI is InChI=1S/C18H24N2O2S/c1-4-10-20-17(21)15-7-5-6-8-16(15)19-18(20)23-13-12-22-11-9-14(2)3/h4-8,14H,1,9-13H2,2-3H3. The molecule has 0 unspecified atom stereocenters. The van der Waals surface area contributed by atoms with Crippen molar-refractivity contribution in [2.24, 2.45) is 5.92 Å². The Morgan fingerprint density at radius 3 is 2.87 bits per heavy atom. The van der Waals surface area contributed by atoms with Gasteiger partial charge in [0.25, 0.3) is 5.56 Å². The number of nitrogens with zero attached hydrogens (tertiary/aromatic N) is 2. The van der Waals surface area contributed by atoms with Gasteiger partial charge in [-0.15, -0.1) is 6.58 Å². The van der Waals surface area contributed by atoms with Gasteiger partial charge in [-0.2, -0.15) is 0 Å². The lowest BCUT2D eigenvalue weighted by molar-refractivity contribution is 0.138. The topological polar surface area (TPSA) is 44.1 Å². The van der Waals surface area contributed by atoms with Crippen LogP contribution < -0.4 is 5.56 Å². The molecule has 0 bridgehead atoms. The maximum absolute atomic E-state index is 12.6. The van der Waals surface area contributed by atoms with Crippen LogP contribution in [0, 0.1) is 5.92 Å². The maximum Gasteiger partial charge on any atom is 0.262 e. The minimum atomic E-state index is -0.0151. The zero-order valence-corrected chi connectivity index (χ0v) is 14.6. The Bertz CT molecular complexity index is 710. The SMILES string of the molecule is C=CCn1c(SCCOCCC(C)C)nc2ccccc2c1=O. The average molecular weight is 332 g/mol. The Morgan fingerprint density at radius 1 is 1.35 bits per heavy atom. The molecule has 124 valence electrons. The zero-order valence-electron chi connectivity index (χ0n) is 13.8. The predicted molar refractivity (Wildman–Crippen MR) is 97.2 cm³/mol. The molecule has 0 aliphatic heterocycles. The van der Waals surface area contributed by atoms with Gasteiger partial charge in [0.15, 0.2) is 5.16 Å². The molecule has 23 heavy (non-hydrogen) atoms. The highest BCUT2D eigenvalue weighted by atomic mass is 32.2. The first-order valence-electron chi connectivity index (χ1n) is 7.94. The summed E-state index contributed by atoms with van der Waals surface area (Å²) in [6, 6.07) is 7.45. The van der Waals surface area contributed by atoms with E-state index in [0.29, 0.717) is 24.5 Å². The number of aromatic nitrogens is 2. The molecule has 0 N–H and O–H groups in total. The van der Waals surface area contributed by atoms with Crippen LogP contribution in [0.25, 0.3) is 10.9 Å². The number of allylic oxidation sites excluding steroid dienone is 1. The highest BCUT2D eigenvalue weighted by Crippen LogP contribution is 2.17. The molecule has 2 rings (SSSR count). The number of ether oxygens (including phenoxy) is 1. The van der Waals surface area contributed by atoms with E-state index < -0.39 is 0 Å². The van der Waals surface area contributed by atoms with Crippen LogP contribution >= 0.6 is 11.8 Å². The van der Waals surface area contributed by atoms with Crippen molar-refractivity contribution in [2.75, 3.05) is 19.0 Å².